The highest BCUT2D eigenvalue weighted by Gasteiger charge is 2.34. The van der Waals surface area contributed by atoms with Gasteiger partial charge in [0.1, 0.15) is 4.83 Å². The summed E-state index contributed by atoms with van der Waals surface area (Å²) in [6, 6.07) is 12.5. The molecule has 5 nitrogen and oxygen atoms in total. The Kier molecular flexibility index (Phi) is 7.91. The van der Waals surface area contributed by atoms with Gasteiger partial charge in [-0.05, 0) is 49.2 Å². The molecular weight excluding hydrogens is 575 g/mol. The summed E-state index contributed by atoms with van der Waals surface area (Å²) >= 11 is 5.49. The Bertz CT molecular complexity index is 1480. The molecule has 36 heavy (non-hydrogen) atoms. The molecule has 0 aliphatic carbocycles. The van der Waals surface area contributed by atoms with Crippen molar-refractivity contribution in [3.63, 3.8) is 0 Å². The lowest BCUT2D eigenvalue weighted by Gasteiger charge is -2.15. The Balaban J connectivity index is 1.69. The number of nitrogens with one attached hydrogen (secondary N) is 1. The van der Waals surface area contributed by atoms with Crippen LogP contribution in [0.4, 0.5) is 18.9 Å². The minimum Gasteiger partial charge on any atom is -0.325 e. The van der Waals surface area contributed by atoms with Gasteiger partial charge in [-0.3, -0.25) is 14.2 Å². The van der Waals surface area contributed by atoms with Crippen LogP contribution in [0.25, 0.3) is 15.9 Å². The topological polar surface area (TPSA) is 64.0 Å². The molecule has 0 atom stereocenters. The summed E-state index contributed by atoms with van der Waals surface area (Å²) < 4.78 is 42.0. The number of amides is 1. The van der Waals surface area contributed by atoms with Crippen LogP contribution >= 0.6 is 39.0 Å². The van der Waals surface area contributed by atoms with E-state index in [4.69, 9.17) is 4.98 Å². The lowest BCUT2D eigenvalue weighted by atomic mass is 10.1. The standard InChI is InChI=1S/C25H21BrF3N3O2S2/c1-3-7-19-14(2)21-22(36-19)31-24(32(23(21)34)16-8-5-4-6-9-16)35-13-20(33)30-18-11-10-15(26)12-17(18)25(27,28)29/h4-6,8-12H,3,7,13H2,1-2H3,(H,30,33). The first-order valence-corrected chi connectivity index (χ1v) is 13.6. The van der Waals surface area contributed by atoms with Gasteiger partial charge < -0.3 is 5.32 Å². The molecule has 0 aliphatic heterocycles. The summed E-state index contributed by atoms with van der Waals surface area (Å²) in [6.07, 6.45) is -2.87. The monoisotopic (exact) mass is 595 g/mol. The van der Waals surface area contributed by atoms with Crippen LogP contribution in [-0.4, -0.2) is 21.2 Å². The van der Waals surface area contributed by atoms with Crippen molar-refractivity contribution in [2.75, 3.05) is 11.1 Å². The first-order valence-electron chi connectivity index (χ1n) is 11.0. The summed E-state index contributed by atoms with van der Waals surface area (Å²) in [4.78, 5) is 32.6. The van der Waals surface area contributed by atoms with Crippen molar-refractivity contribution in [2.45, 2.75) is 38.0 Å². The molecule has 0 radical (unpaired) electrons. The number of benzene rings is 2. The van der Waals surface area contributed by atoms with Crippen molar-refractivity contribution in [3.05, 3.63) is 79.4 Å². The van der Waals surface area contributed by atoms with Crippen molar-refractivity contribution < 1.29 is 18.0 Å². The van der Waals surface area contributed by atoms with Gasteiger partial charge >= 0.3 is 6.18 Å². The Morgan fingerprint density at radius 2 is 1.92 bits per heavy atom. The maximum absolute atomic E-state index is 13.6. The summed E-state index contributed by atoms with van der Waals surface area (Å²) in [5.74, 6) is -0.875. The third-order valence-corrected chi connectivity index (χ3v) is 8.09. The second-order valence-electron chi connectivity index (χ2n) is 7.98. The number of hydrogen-bond donors (Lipinski definition) is 1. The van der Waals surface area contributed by atoms with E-state index in [-0.39, 0.29) is 21.5 Å². The average Bonchev–Trinajstić information content (AvgIpc) is 3.14. The quantitative estimate of drug-likeness (QED) is 0.181. The van der Waals surface area contributed by atoms with E-state index in [2.05, 4.69) is 28.2 Å². The molecule has 2 heterocycles. The maximum Gasteiger partial charge on any atom is 0.418 e. The molecular formula is C25H21BrF3N3O2S2. The van der Waals surface area contributed by atoms with Crippen LogP contribution < -0.4 is 10.9 Å². The van der Waals surface area contributed by atoms with E-state index in [1.807, 2.05) is 13.0 Å². The number of alkyl halides is 3. The highest BCUT2D eigenvalue weighted by atomic mass is 79.9. The predicted octanol–water partition coefficient (Wildman–Crippen LogP) is 7.22. The number of nitrogens with zero attached hydrogens (tertiary/aromatic N) is 2. The lowest BCUT2D eigenvalue weighted by molar-refractivity contribution is -0.137. The second kappa shape index (κ2) is 10.8. The molecule has 4 rings (SSSR count). The Labute approximate surface area is 221 Å². The molecule has 0 saturated carbocycles. The van der Waals surface area contributed by atoms with Crippen LogP contribution in [0.3, 0.4) is 0 Å². The third kappa shape index (κ3) is 5.52. The zero-order valence-electron chi connectivity index (χ0n) is 19.3. The molecule has 2 aromatic carbocycles. The van der Waals surface area contributed by atoms with Crippen molar-refractivity contribution >= 4 is 60.8 Å². The molecule has 4 aromatic rings. The van der Waals surface area contributed by atoms with Crippen LogP contribution in [0.5, 0.6) is 0 Å². The number of anilines is 1. The van der Waals surface area contributed by atoms with E-state index in [9.17, 15) is 22.8 Å². The molecule has 2 aromatic heterocycles. The molecule has 0 unspecified atom stereocenters. The normalized spacial score (nSPS) is 11.7. The fourth-order valence-electron chi connectivity index (χ4n) is 3.75. The number of rotatable bonds is 7. The van der Waals surface area contributed by atoms with E-state index in [1.165, 1.54) is 28.0 Å². The van der Waals surface area contributed by atoms with E-state index in [0.29, 0.717) is 21.1 Å². The van der Waals surface area contributed by atoms with Gasteiger partial charge in [-0.2, -0.15) is 13.2 Å². The molecule has 188 valence electrons. The lowest BCUT2D eigenvalue weighted by Crippen LogP contribution is -2.23. The van der Waals surface area contributed by atoms with E-state index >= 15 is 0 Å². The maximum atomic E-state index is 13.6. The first-order chi connectivity index (χ1) is 17.1. The van der Waals surface area contributed by atoms with E-state index in [0.717, 1.165) is 41.1 Å². The van der Waals surface area contributed by atoms with Crippen LogP contribution in [0.15, 0.2) is 63.0 Å². The summed E-state index contributed by atoms with van der Waals surface area (Å²) in [7, 11) is 0. The molecule has 0 bridgehead atoms. The van der Waals surface area contributed by atoms with Gasteiger partial charge in [0.15, 0.2) is 5.16 Å². The number of carbonyl (C=O) groups excluding carboxylic acids is 1. The second-order valence-corrected chi connectivity index (χ2v) is 10.9. The fourth-order valence-corrected chi connectivity index (χ4v) is 6.25. The number of carbonyl (C=O) groups is 1. The van der Waals surface area contributed by atoms with Gasteiger partial charge in [0.05, 0.1) is 28.1 Å². The van der Waals surface area contributed by atoms with Gasteiger partial charge in [0, 0.05) is 9.35 Å². The van der Waals surface area contributed by atoms with E-state index < -0.39 is 17.6 Å². The minimum atomic E-state index is -4.63. The van der Waals surface area contributed by atoms with Gasteiger partial charge in [-0.1, -0.05) is 59.2 Å². The van der Waals surface area contributed by atoms with Gasteiger partial charge in [-0.15, -0.1) is 11.3 Å². The van der Waals surface area contributed by atoms with Crippen LogP contribution in [0.2, 0.25) is 0 Å². The number of aromatic nitrogens is 2. The molecule has 0 spiro atoms. The first kappa shape index (κ1) is 26.4. The Morgan fingerprint density at radius 3 is 2.58 bits per heavy atom. The third-order valence-electron chi connectivity index (χ3n) is 5.42. The van der Waals surface area contributed by atoms with Crippen LogP contribution in [-0.2, 0) is 17.4 Å². The molecule has 0 fully saturated rings. The molecule has 1 N–H and O–H groups in total. The summed E-state index contributed by atoms with van der Waals surface area (Å²) in [5.41, 5.74) is -0.0258. The minimum absolute atomic E-state index is 0.232. The Hall–Kier alpha value is -2.63. The van der Waals surface area contributed by atoms with Crippen LogP contribution in [0, 0.1) is 6.92 Å². The molecule has 0 aliphatic rings. The molecule has 0 saturated heterocycles. The predicted molar refractivity (Wildman–Crippen MR) is 142 cm³/mol. The van der Waals surface area contributed by atoms with Crippen molar-refractivity contribution in [2.24, 2.45) is 0 Å². The van der Waals surface area contributed by atoms with E-state index in [1.54, 1.807) is 24.3 Å². The van der Waals surface area contributed by atoms with Crippen molar-refractivity contribution in [1.82, 2.24) is 9.55 Å². The fraction of sp³-hybridized carbons (Fsp3) is 0.240. The van der Waals surface area contributed by atoms with Crippen molar-refractivity contribution in [3.8, 4) is 5.69 Å². The van der Waals surface area contributed by atoms with Crippen LogP contribution in [0.1, 0.15) is 29.3 Å². The number of fused-ring (bicyclic) bond motifs is 1. The number of halogens is 4. The number of aryl methyl sites for hydroxylation is 2. The van der Waals surface area contributed by atoms with Gasteiger partial charge in [0.25, 0.3) is 5.56 Å². The van der Waals surface area contributed by atoms with Crippen molar-refractivity contribution in [1.29, 1.82) is 0 Å². The number of para-hydroxylation sites is 1. The molecule has 11 heteroatoms. The highest BCUT2D eigenvalue weighted by molar-refractivity contribution is 9.10. The molecule has 1 amide bonds. The number of thiophene rings is 1. The summed E-state index contributed by atoms with van der Waals surface area (Å²) in [6.45, 7) is 3.98. The number of thioether (sulfide) groups is 1. The zero-order valence-corrected chi connectivity index (χ0v) is 22.5. The van der Waals surface area contributed by atoms with Gasteiger partial charge in [-0.25, -0.2) is 4.98 Å². The summed E-state index contributed by atoms with van der Waals surface area (Å²) in [5, 5.41) is 3.19. The average molecular weight is 596 g/mol. The Morgan fingerprint density at radius 1 is 1.19 bits per heavy atom. The number of hydrogen-bond acceptors (Lipinski definition) is 5. The highest BCUT2D eigenvalue weighted by Crippen LogP contribution is 2.37. The zero-order chi connectivity index (χ0) is 26.0. The largest absolute Gasteiger partial charge is 0.418 e. The van der Waals surface area contributed by atoms with Gasteiger partial charge in [0.2, 0.25) is 5.91 Å². The smallest absolute Gasteiger partial charge is 0.325 e. The SMILES string of the molecule is CCCc1sc2nc(SCC(=O)Nc3ccc(Br)cc3C(F)(F)F)n(-c3ccccc3)c(=O)c2c1C.